The second kappa shape index (κ2) is 19.2. The lowest BCUT2D eigenvalue weighted by Gasteiger charge is -2.29. The minimum absolute atomic E-state index is 0.0325. The van der Waals surface area contributed by atoms with Crippen LogP contribution in [0.3, 0.4) is 0 Å². The van der Waals surface area contributed by atoms with Gasteiger partial charge in [-0.1, -0.05) is 19.8 Å². The maximum atomic E-state index is 12.8. The Morgan fingerprint density at radius 2 is 1.71 bits per heavy atom. The van der Waals surface area contributed by atoms with E-state index >= 15 is 0 Å². The molecule has 2 unspecified atom stereocenters. The highest BCUT2D eigenvalue weighted by Crippen LogP contribution is 2.34. The van der Waals surface area contributed by atoms with Crippen LogP contribution >= 0.6 is 24.0 Å². The van der Waals surface area contributed by atoms with Gasteiger partial charge in [-0.3, -0.25) is 19.2 Å². The van der Waals surface area contributed by atoms with Crippen molar-refractivity contribution in [1.29, 1.82) is 0 Å². The molecule has 0 aliphatic rings. The van der Waals surface area contributed by atoms with Gasteiger partial charge in [0.1, 0.15) is 12.7 Å². The zero-order valence-corrected chi connectivity index (χ0v) is 25.1. The Bertz CT molecular complexity index is 778. The minimum atomic E-state index is -0.800. The number of aliphatic hydroxyl groups is 1. The zero-order valence-electron chi connectivity index (χ0n) is 23.5. The van der Waals surface area contributed by atoms with Gasteiger partial charge in [0.2, 0.25) is 5.91 Å². The van der Waals surface area contributed by atoms with E-state index in [1.165, 1.54) is 11.8 Å². The molecule has 0 radical (unpaired) electrons. The maximum absolute atomic E-state index is 12.8. The van der Waals surface area contributed by atoms with Crippen LogP contribution in [0.25, 0.3) is 0 Å². The van der Waals surface area contributed by atoms with E-state index in [1.807, 2.05) is 13.8 Å². The summed E-state index contributed by atoms with van der Waals surface area (Å²) < 4.78 is 16.1. The van der Waals surface area contributed by atoms with Crippen molar-refractivity contribution in [1.82, 2.24) is 5.32 Å². The van der Waals surface area contributed by atoms with Gasteiger partial charge in [0.15, 0.2) is 5.11 Å². The monoisotopic (exact) mass is 578 g/mol. The van der Waals surface area contributed by atoms with Gasteiger partial charge in [-0.15, -0.1) is 0 Å². The average molecular weight is 579 g/mol. The minimum Gasteiger partial charge on any atom is -0.465 e. The standard InChI is InChI=1S/C26H46N2O8S2/c1-6-7-15-34-23(33)26(5,18-38-16-14-29)13-9-12-25(3,4)22(32)35-17-19(2)36-21(31)11-8-10-20(30)28-24(27)37/h19,29H,6-18H2,1-5H3,(H3,27,28,30,37). The lowest BCUT2D eigenvalue weighted by Crippen LogP contribution is -2.34. The van der Waals surface area contributed by atoms with Gasteiger partial charge >= 0.3 is 17.9 Å². The number of nitrogens with two attached hydrogens (primary N) is 1. The topological polar surface area (TPSA) is 154 Å². The highest BCUT2D eigenvalue weighted by molar-refractivity contribution is 7.99. The fourth-order valence-corrected chi connectivity index (χ4v) is 4.50. The molecule has 2 atom stereocenters. The van der Waals surface area contributed by atoms with E-state index in [4.69, 9.17) is 25.1 Å². The molecule has 0 aromatic rings. The van der Waals surface area contributed by atoms with Gasteiger partial charge in [-0.2, -0.15) is 11.8 Å². The van der Waals surface area contributed by atoms with E-state index in [2.05, 4.69) is 17.5 Å². The van der Waals surface area contributed by atoms with Crippen molar-refractivity contribution < 1.29 is 38.5 Å². The Morgan fingerprint density at radius 3 is 2.32 bits per heavy atom. The van der Waals surface area contributed by atoms with E-state index < -0.39 is 28.9 Å². The molecule has 0 bridgehead atoms. The van der Waals surface area contributed by atoms with Gasteiger partial charge in [0.25, 0.3) is 0 Å². The number of unbranched alkanes of at least 4 members (excludes halogenated alkanes) is 1. The Hall–Kier alpha value is -1.92. The first kappa shape index (κ1) is 36.1. The van der Waals surface area contributed by atoms with Crippen LogP contribution in [0, 0.1) is 10.8 Å². The predicted octanol–water partition coefficient (Wildman–Crippen LogP) is 3.26. The fraction of sp³-hybridized carbons (Fsp3) is 0.808. The molecule has 0 rings (SSSR count). The van der Waals surface area contributed by atoms with Crippen molar-refractivity contribution in [2.45, 2.75) is 92.1 Å². The molecular formula is C26H46N2O8S2. The molecule has 1 amide bonds. The summed E-state index contributed by atoms with van der Waals surface area (Å²) in [5, 5.41) is 11.3. The average Bonchev–Trinajstić information content (AvgIpc) is 2.82. The lowest BCUT2D eigenvalue weighted by molar-refractivity contribution is -0.164. The Morgan fingerprint density at radius 1 is 1.03 bits per heavy atom. The molecule has 0 saturated carbocycles. The van der Waals surface area contributed by atoms with Crippen LogP contribution in [-0.2, 0) is 33.4 Å². The molecule has 0 saturated heterocycles. The fourth-order valence-electron chi connectivity index (χ4n) is 3.40. The number of amides is 1. The molecule has 38 heavy (non-hydrogen) atoms. The molecule has 0 heterocycles. The maximum Gasteiger partial charge on any atom is 0.312 e. The van der Waals surface area contributed by atoms with E-state index in [0.29, 0.717) is 37.4 Å². The quantitative estimate of drug-likeness (QED) is 0.0844. The van der Waals surface area contributed by atoms with Crippen molar-refractivity contribution in [3.05, 3.63) is 0 Å². The molecule has 0 aromatic heterocycles. The van der Waals surface area contributed by atoms with Gasteiger partial charge in [0, 0.05) is 24.3 Å². The van der Waals surface area contributed by atoms with Crippen LogP contribution in [0.15, 0.2) is 0 Å². The highest BCUT2D eigenvalue weighted by atomic mass is 32.2. The largest absolute Gasteiger partial charge is 0.465 e. The molecule has 4 N–H and O–H groups in total. The van der Waals surface area contributed by atoms with Crippen LogP contribution in [0.4, 0.5) is 0 Å². The normalized spacial score (nSPS) is 13.6. The lowest BCUT2D eigenvalue weighted by atomic mass is 9.81. The number of esters is 3. The first-order valence-corrected chi connectivity index (χ1v) is 14.7. The number of hydrogen-bond donors (Lipinski definition) is 3. The summed E-state index contributed by atoms with van der Waals surface area (Å²) in [7, 11) is 0. The van der Waals surface area contributed by atoms with Crippen LogP contribution in [0.5, 0.6) is 0 Å². The first-order chi connectivity index (χ1) is 17.8. The molecule has 0 spiro atoms. The van der Waals surface area contributed by atoms with E-state index in [1.54, 1.807) is 20.8 Å². The smallest absolute Gasteiger partial charge is 0.312 e. The third-order valence-electron chi connectivity index (χ3n) is 5.79. The summed E-state index contributed by atoms with van der Waals surface area (Å²) in [6.07, 6.45) is 3.12. The Kier molecular flexibility index (Phi) is 18.2. The third kappa shape index (κ3) is 16.1. The Balaban J connectivity index is 4.61. The number of rotatable bonds is 20. The molecule has 10 nitrogen and oxygen atoms in total. The molecule has 12 heteroatoms. The number of carbonyl (C=O) groups is 4. The molecule has 220 valence electrons. The van der Waals surface area contributed by atoms with Crippen molar-refractivity contribution in [2.75, 3.05) is 31.3 Å². The van der Waals surface area contributed by atoms with Crippen LogP contribution in [0.2, 0.25) is 0 Å². The third-order valence-corrected chi connectivity index (χ3v) is 7.21. The highest BCUT2D eigenvalue weighted by Gasteiger charge is 2.36. The van der Waals surface area contributed by atoms with Gasteiger partial charge in [-0.05, 0) is 65.6 Å². The van der Waals surface area contributed by atoms with E-state index in [-0.39, 0.29) is 49.5 Å². The summed E-state index contributed by atoms with van der Waals surface area (Å²) >= 11 is 6.08. The number of nitrogens with one attached hydrogen (secondary N) is 1. The molecule has 0 fully saturated rings. The van der Waals surface area contributed by atoms with E-state index in [0.717, 1.165) is 12.8 Å². The van der Waals surface area contributed by atoms with Gasteiger partial charge in [-0.25, -0.2) is 0 Å². The number of thioether (sulfide) groups is 1. The number of hydrogen-bond acceptors (Lipinski definition) is 10. The number of aliphatic hydroxyl groups excluding tert-OH is 1. The molecular weight excluding hydrogens is 532 g/mol. The van der Waals surface area contributed by atoms with Crippen molar-refractivity contribution >= 4 is 52.9 Å². The number of thiocarbonyl (C=S) groups is 1. The van der Waals surface area contributed by atoms with Crippen LogP contribution < -0.4 is 11.1 Å². The predicted molar refractivity (Wildman–Crippen MR) is 151 cm³/mol. The summed E-state index contributed by atoms with van der Waals surface area (Å²) in [6, 6.07) is 0. The van der Waals surface area contributed by atoms with Crippen molar-refractivity contribution in [2.24, 2.45) is 16.6 Å². The second-order valence-electron chi connectivity index (χ2n) is 10.2. The summed E-state index contributed by atoms with van der Waals surface area (Å²) in [4.78, 5) is 48.9. The zero-order chi connectivity index (χ0) is 29.2. The summed E-state index contributed by atoms with van der Waals surface area (Å²) in [6.45, 7) is 9.41. The number of carbonyl (C=O) groups excluding carboxylic acids is 4. The van der Waals surface area contributed by atoms with Crippen molar-refractivity contribution in [3.8, 4) is 0 Å². The SMILES string of the molecule is CCCCOC(=O)C(C)(CCCC(C)(C)C(=O)OCC(C)OC(=O)CCCC(=O)NC(N)=S)CSCCO. The van der Waals surface area contributed by atoms with Crippen molar-refractivity contribution in [3.63, 3.8) is 0 Å². The summed E-state index contributed by atoms with van der Waals surface area (Å²) in [5.41, 5.74) is 3.70. The number of ether oxygens (including phenoxy) is 3. The van der Waals surface area contributed by atoms with Gasteiger partial charge in [0.05, 0.1) is 24.0 Å². The molecule has 0 aromatic carbocycles. The molecule has 0 aliphatic heterocycles. The first-order valence-electron chi connectivity index (χ1n) is 13.1. The van der Waals surface area contributed by atoms with Crippen LogP contribution in [-0.4, -0.2) is 71.5 Å². The van der Waals surface area contributed by atoms with Crippen LogP contribution in [0.1, 0.15) is 86.0 Å². The van der Waals surface area contributed by atoms with Gasteiger partial charge < -0.3 is 30.4 Å². The second-order valence-corrected chi connectivity index (χ2v) is 11.8. The molecule has 0 aliphatic carbocycles. The Labute approximate surface area is 236 Å². The summed E-state index contributed by atoms with van der Waals surface area (Å²) in [5.74, 6) is -0.478. The van der Waals surface area contributed by atoms with E-state index in [9.17, 15) is 19.2 Å².